The Morgan fingerprint density at radius 3 is 0.962 bits per heavy atom. The van der Waals surface area contributed by atoms with Crippen LogP contribution >= 0.6 is 0 Å². The molecule has 7 aromatic carbocycles. The van der Waals surface area contributed by atoms with Crippen molar-refractivity contribution < 1.29 is 0 Å². The molecule has 0 N–H and O–H groups in total. The van der Waals surface area contributed by atoms with E-state index in [4.69, 9.17) is 15.0 Å². The Morgan fingerprint density at radius 1 is 0.269 bits per heavy atom. The Labute approximate surface area is 307 Å². The average Bonchev–Trinajstić information content (AvgIpc) is 3.21. The summed E-state index contributed by atoms with van der Waals surface area (Å²) < 4.78 is 0. The molecule has 0 saturated carbocycles. The molecule has 0 spiro atoms. The van der Waals surface area contributed by atoms with Gasteiger partial charge >= 0.3 is 0 Å². The highest BCUT2D eigenvalue weighted by molar-refractivity contribution is 6.88. The highest BCUT2D eigenvalue weighted by Gasteiger charge is 2.17. The van der Waals surface area contributed by atoms with Crippen LogP contribution < -0.4 is 5.19 Å². The van der Waals surface area contributed by atoms with E-state index < -0.39 is 8.07 Å². The first-order valence-corrected chi connectivity index (χ1v) is 21.3. The van der Waals surface area contributed by atoms with E-state index in [2.05, 4.69) is 165 Å². The summed E-state index contributed by atoms with van der Waals surface area (Å²) in [7, 11) is -1.36. The van der Waals surface area contributed by atoms with Crippen LogP contribution in [0.15, 0.2) is 182 Å². The number of hydrogen-bond acceptors (Lipinski definition) is 3. The third-order valence-electron chi connectivity index (χ3n) is 9.49. The van der Waals surface area contributed by atoms with Crippen molar-refractivity contribution in [1.82, 2.24) is 15.0 Å². The zero-order valence-corrected chi connectivity index (χ0v) is 30.7. The van der Waals surface area contributed by atoms with Gasteiger partial charge in [-0.25, -0.2) is 15.0 Å². The van der Waals surface area contributed by atoms with Gasteiger partial charge in [-0.2, -0.15) is 0 Å². The summed E-state index contributed by atoms with van der Waals surface area (Å²) in [6, 6.07) is 64.2. The number of nitrogens with zero attached hydrogens (tertiary/aromatic N) is 3. The summed E-state index contributed by atoms with van der Waals surface area (Å²) >= 11 is 0. The molecule has 250 valence electrons. The lowest BCUT2D eigenvalue weighted by molar-refractivity contribution is 1.07. The fraction of sp³-hybridized carbons (Fsp3) is 0.0625. The first-order chi connectivity index (χ1) is 25.4. The van der Waals surface area contributed by atoms with E-state index in [-0.39, 0.29) is 0 Å². The molecule has 0 radical (unpaired) electrons. The topological polar surface area (TPSA) is 38.7 Å². The predicted octanol–water partition coefficient (Wildman–Crippen LogP) is 12.1. The Balaban J connectivity index is 1.17. The predicted molar refractivity (Wildman–Crippen MR) is 221 cm³/mol. The van der Waals surface area contributed by atoms with E-state index >= 15 is 0 Å². The van der Waals surface area contributed by atoms with Crippen molar-refractivity contribution in [3.8, 4) is 78.7 Å². The van der Waals surface area contributed by atoms with Crippen LogP contribution in [-0.2, 0) is 0 Å². The van der Waals surface area contributed by atoms with E-state index in [1.807, 2.05) is 36.4 Å². The van der Waals surface area contributed by atoms with Gasteiger partial charge in [-0.3, -0.25) is 0 Å². The van der Waals surface area contributed by atoms with Gasteiger partial charge in [0.05, 0.1) is 8.07 Å². The van der Waals surface area contributed by atoms with E-state index in [9.17, 15) is 0 Å². The molecule has 8 rings (SSSR count). The number of rotatable bonds is 8. The van der Waals surface area contributed by atoms with Gasteiger partial charge in [0.2, 0.25) is 0 Å². The maximum Gasteiger partial charge on any atom is 0.164 e. The molecule has 0 aliphatic rings. The number of aromatic nitrogens is 3. The summed E-state index contributed by atoms with van der Waals surface area (Å²) in [5.41, 5.74) is 12.1. The summed E-state index contributed by atoms with van der Waals surface area (Å²) in [4.78, 5) is 15.2. The molecule has 0 aliphatic carbocycles. The van der Waals surface area contributed by atoms with Crippen molar-refractivity contribution in [2.45, 2.75) is 19.6 Å². The summed E-state index contributed by atoms with van der Waals surface area (Å²) in [6.45, 7) is 7.16. The van der Waals surface area contributed by atoms with E-state index in [0.717, 1.165) is 38.9 Å². The largest absolute Gasteiger partial charge is 0.208 e. The molecule has 52 heavy (non-hydrogen) atoms. The summed E-state index contributed by atoms with van der Waals surface area (Å²) in [6.07, 6.45) is 0. The Morgan fingerprint density at radius 2 is 0.558 bits per heavy atom. The number of hydrogen-bond donors (Lipinski definition) is 0. The van der Waals surface area contributed by atoms with Gasteiger partial charge in [-0.15, -0.1) is 0 Å². The lowest BCUT2D eigenvalue weighted by Gasteiger charge is -2.17. The lowest BCUT2D eigenvalue weighted by Crippen LogP contribution is -2.37. The summed E-state index contributed by atoms with van der Waals surface area (Å²) in [5, 5.41) is 1.47. The van der Waals surface area contributed by atoms with Gasteiger partial charge in [-0.1, -0.05) is 183 Å². The smallest absolute Gasteiger partial charge is 0.164 e. The highest BCUT2D eigenvalue weighted by atomic mass is 28.3. The van der Waals surface area contributed by atoms with Gasteiger partial charge in [0.15, 0.2) is 17.5 Å². The quantitative estimate of drug-likeness (QED) is 0.149. The van der Waals surface area contributed by atoms with Gasteiger partial charge < -0.3 is 0 Å². The maximum atomic E-state index is 5.11. The van der Waals surface area contributed by atoms with Crippen LogP contribution in [0.3, 0.4) is 0 Å². The Hall–Kier alpha value is -6.23. The highest BCUT2D eigenvalue weighted by Crippen LogP contribution is 2.32. The lowest BCUT2D eigenvalue weighted by atomic mass is 9.97. The van der Waals surface area contributed by atoms with Crippen LogP contribution in [0.5, 0.6) is 0 Å². The van der Waals surface area contributed by atoms with Crippen LogP contribution in [0.2, 0.25) is 19.6 Å². The van der Waals surface area contributed by atoms with Crippen molar-refractivity contribution >= 4 is 13.3 Å². The van der Waals surface area contributed by atoms with Gasteiger partial charge in [-0.05, 0) is 68.8 Å². The van der Waals surface area contributed by atoms with Crippen LogP contribution in [0.4, 0.5) is 0 Å². The molecular formula is C48H39N3Si. The molecule has 1 aromatic heterocycles. The van der Waals surface area contributed by atoms with E-state index in [1.54, 1.807) is 0 Å². The Kier molecular flexibility index (Phi) is 8.98. The Bertz CT molecular complexity index is 2480. The summed E-state index contributed by atoms with van der Waals surface area (Å²) in [5.74, 6) is 1.92. The zero-order valence-electron chi connectivity index (χ0n) is 29.7. The second kappa shape index (κ2) is 14.2. The number of benzene rings is 7. The molecule has 3 nitrogen and oxygen atoms in total. The average molecular weight is 686 g/mol. The molecule has 0 fully saturated rings. The first kappa shape index (κ1) is 32.9. The van der Waals surface area contributed by atoms with Crippen molar-refractivity contribution in [2.75, 3.05) is 0 Å². The second-order valence-corrected chi connectivity index (χ2v) is 19.3. The monoisotopic (exact) mass is 685 g/mol. The van der Waals surface area contributed by atoms with E-state index in [1.165, 1.54) is 27.4 Å². The standard InChI is InChI=1S/C48H39N3Si/c1-52(2,3)45-28-26-35(27-29-45)38-19-11-21-40(31-38)42-23-13-25-44(33-42)48-50-46(36-16-8-5-9-17-36)49-47(51-48)43-24-12-22-41(32-43)39-20-10-18-37(30-39)34-14-6-4-7-15-34/h4-33H,1-3H3. The fourth-order valence-electron chi connectivity index (χ4n) is 6.58. The van der Waals surface area contributed by atoms with Crippen LogP contribution in [0, 0.1) is 0 Å². The van der Waals surface area contributed by atoms with Crippen molar-refractivity contribution in [3.63, 3.8) is 0 Å². The molecule has 8 aromatic rings. The normalized spacial score (nSPS) is 11.4. The minimum absolute atomic E-state index is 0.638. The second-order valence-electron chi connectivity index (χ2n) is 14.2. The van der Waals surface area contributed by atoms with Crippen molar-refractivity contribution in [1.29, 1.82) is 0 Å². The van der Waals surface area contributed by atoms with Crippen LogP contribution in [0.1, 0.15) is 0 Å². The van der Waals surface area contributed by atoms with Crippen LogP contribution in [-0.4, -0.2) is 23.0 Å². The molecule has 0 amide bonds. The van der Waals surface area contributed by atoms with Crippen LogP contribution in [0.25, 0.3) is 78.7 Å². The zero-order chi connectivity index (χ0) is 35.5. The van der Waals surface area contributed by atoms with Crippen molar-refractivity contribution in [3.05, 3.63) is 182 Å². The third-order valence-corrected chi connectivity index (χ3v) is 11.6. The molecule has 0 unspecified atom stereocenters. The van der Waals surface area contributed by atoms with Gasteiger partial charge in [0.1, 0.15) is 0 Å². The van der Waals surface area contributed by atoms with Gasteiger partial charge in [0.25, 0.3) is 0 Å². The first-order valence-electron chi connectivity index (χ1n) is 17.8. The van der Waals surface area contributed by atoms with E-state index in [0.29, 0.717) is 17.5 Å². The maximum absolute atomic E-state index is 5.11. The SMILES string of the molecule is C[Si](C)(C)c1ccc(-c2cccc(-c3cccc(-c4nc(-c5ccccc5)nc(-c5cccc(-c6cccc(-c7ccccc7)c6)c5)n4)c3)c2)cc1. The molecule has 0 saturated heterocycles. The van der Waals surface area contributed by atoms with Gasteiger partial charge in [0, 0.05) is 16.7 Å². The minimum Gasteiger partial charge on any atom is -0.208 e. The molecule has 4 heteroatoms. The molecule has 0 bridgehead atoms. The van der Waals surface area contributed by atoms with Crippen molar-refractivity contribution in [2.24, 2.45) is 0 Å². The molecule has 0 aliphatic heterocycles. The molecule has 0 atom stereocenters. The minimum atomic E-state index is -1.36. The fourth-order valence-corrected chi connectivity index (χ4v) is 7.74. The third kappa shape index (κ3) is 7.16. The molecule has 1 heterocycles. The molecular weight excluding hydrogens is 647 g/mol.